The Bertz CT molecular complexity index is 631. The predicted octanol–water partition coefficient (Wildman–Crippen LogP) is 2.02. The minimum atomic E-state index is -0.289. The van der Waals surface area contributed by atoms with Crippen LogP contribution in [0.25, 0.3) is 0 Å². The third kappa shape index (κ3) is 2.74. The molecule has 0 aliphatic carbocycles. The molecule has 116 valence electrons. The number of hydrogen-bond donors (Lipinski definition) is 0. The Morgan fingerprint density at radius 2 is 1.45 bits per heavy atom. The number of rotatable bonds is 2. The smallest absolute Gasteiger partial charge is 0.263 e. The molecule has 0 spiro atoms. The van der Waals surface area contributed by atoms with E-state index in [0.29, 0.717) is 5.57 Å². The number of allylic oxidation sites excluding steroid dienone is 2. The molecule has 0 atom stereocenters. The highest BCUT2D eigenvalue weighted by Gasteiger charge is 2.33. The van der Waals surface area contributed by atoms with Crippen molar-refractivity contribution in [3.05, 3.63) is 47.7 Å². The van der Waals surface area contributed by atoms with Crippen LogP contribution in [0.5, 0.6) is 0 Å². The monoisotopic (exact) mass is 299 g/mol. The molecule has 5 nitrogen and oxygen atoms in total. The van der Waals surface area contributed by atoms with Crippen LogP contribution in [0, 0.1) is 0 Å². The van der Waals surface area contributed by atoms with Crippen LogP contribution in [0.15, 0.2) is 47.7 Å². The average Bonchev–Trinajstić information content (AvgIpc) is 2.56. The third-order valence-corrected chi connectivity index (χ3v) is 3.66. The van der Waals surface area contributed by atoms with Crippen molar-refractivity contribution < 1.29 is 9.59 Å². The van der Waals surface area contributed by atoms with Crippen molar-refractivity contribution in [3.63, 3.8) is 0 Å². The van der Waals surface area contributed by atoms with Crippen molar-refractivity contribution in [1.82, 2.24) is 4.90 Å². The molecule has 0 fully saturated rings. The van der Waals surface area contributed by atoms with E-state index in [1.54, 1.807) is 27.1 Å². The van der Waals surface area contributed by atoms with Crippen LogP contribution in [-0.2, 0) is 9.59 Å². The zero-order chi connectivity index (χ0) is 16.4. The normalized spacial score (nSPS) is 15.2. The summed E-state index contributed by atoms with van der Waals surface area (Å²) in [5, 5.41) is 0. The van der Waals surface area contributed by atoms with E-state index in [4.69, 9.17) is 0 Å². The summed E-state index contributed by atoms with van der Waals surface area (Å²) in [5.74, 6) is -0.578. The second-order valence-corrected chi connectivity index (χ2v) is 5.55. The van der Waals surface area contributed by atoms with E-state index in [9.17, 15) is 9.59 Å². The van der Waals surface area contributed by atoms with Gasteiger partial charge in [0.25, 0.3) is 11.8 Å². The molecule has 2 amide bonds. The summed E-state index contributed by atoms with van der Waals surface area (Å²) in [6.07, 6.45) is 3.60. The number of anilines is 2. The fourth-order valence-electron chi connectivity index (χ4n) is 2.36. The first-order valence-electron chi connectivity index (χ1n) is 7.05. The molecule has 0 N–H and O–H groups in total. The minimum Gasteiger partial charge on any atom is -0.383 e. The molecule has 1 aliphatic heterocycles. The molecule has 2 rings (SSSR count). The van der Waals surface area contributed by atoms with E-state index in [2.05, 4.69) is 0 Å². The number of carbonyl (C=O) groups excluding carboxylic acids is 2. The summed E-state index contributed by atoms with van der Waals surface area (Å²) in [4.78, 5) is 30.4. The van der Waals surface area contributed by atoms with E-state index in [1.807, 2.05) is 49.5 Å². The standard InChI is InChI=1S/C17H21N3O2/c1-12(10-11-18(2)3)15-16(21)19(4)13-8-6-7-9-14(13)20(5)17(15)22/h6-11H,1-5H3/b11-10-. The predicted molar refractivity (Wildman–Crippen MR) is 88.8 cm³/mol. The zero-order valence-corrected chi connectivity index (χ0v) is 13.6. The Labute approximate surface area is 131 Å². The molecule has 22 heavy (non-hydrogen) atoms. The van der Waals surface area contributed by atoms with Gasteiger partial charge in [0.1, 0.15) is 5.57 Å². The summed E-state index contributed by atoms with van der Waals surface area (Å²) in [5.41, 5.74) is 2.29. The minimum absolute atomic E-state index is 0.194. The van der Waals surface area contributed by atoms with Gasteiger partial charge in [0.15, 0.2) is 0 Å². The van der Waals surface area contributed by atoms with Crippen LogP contribution in [0.1, 0.15) is 6.92 Å². The number of amides is 2. The van der Waals surface area contributed by atoms with Gasteiger partial charge in [-0.1, -0.05) is 12.1 Å². The van der Waals surface area contributed by atoms with Crippen molar-refractivity contribution in [2.45, 2.75) is 6.92 Å². The zero-order valence-electron chi connectivity index (χ0n) is 13.6. The molecule has 0 saturated heterocycles. The van der Waals surface area contributed by atoms with E-state index >= 15 is 0 Å². The number of nitrogens with zero attached hydrogens (tertiary/aromatic N) is 3. The van der Waals surface area contributed by atoms with Crippen molar-refractivity contribution in [2.75, 3.05) is 38.0 Å². The molecule has 0 bridgehead atoms. The van der Waals surface area contributed by atoms with E-state index in [0.717, 1.165) is 11.4 Å². The van der Waals surface area contributed by atoms with Crippen molar-refractivity contribution in [2.24, 2.45) is 0 Å². The van der Waals surface area contributed by atoms with Gasteiger partial charge in [0, 0.05) is 28.2 Å². The molecule has 0 radical (unpaired) electrons. The highest BCUT2D eigenvalue weighted by Crippen LogP contribution is 2.33. The molecule has 0 saturated carbocycles. The first-order chi connectivity index (χ1) is 10.3. The van der Waals surface area contributed by atoms with Gasteiger partial charge >= 0.3 is 0 Å². The van der Waals surface area contributed by atoms with Crippen LogP contribution < -0.4 is 9.80 Å². The summed E-state index contributed by atoms with van der Waals surface area (Å²) in [6, 6.07) is 7.39. The first kappa shape index (κ1) is 15.8. The highest BCUT2D eigenvalue weighted by molar-refractivity contribution is 6.30. The average molecular weight is 299 g/mol. The van der Waals surface area contributed by atoms with Crippen LogP contribution in [0.2, 0.25) is 0 Å². The number of para-hydroxylation sites is 2. The fraction of sp³-hybridized carbons (Fsp3) is 0.294. The van der Waals surface area contributed by atoms with Crippen LogP contribution in [-0.4, -0.2) is 44.9 Å². The number of fused-ring (bicyclic) bond motifs is 1. The summed E-state index contributed by atoms with van der Waals surface area (Å²) < 4.78 is 0. The highest BCUT2D eigenvalue weighted by atomic mass is 16.2. The maximum atomic E-state index is 12.7. The number of benzene rings is 1. The van der Waals surface area contributed by atoms with E-state index in [1.165, 1.54) is 9.80 Å². The topological polar surface area (TPSA) is 43.9 Å². The lowest BCUT2D eigenvalue weighted by Crippen LogP contribution is -2.33. The number of hydrogen-bond acceptors (Lipinski definition) is 3. The van der Waals surface area contributed by atoms with Crippen LogP contribution in [0.4, 0.5) is 11.4 Å². The van der Waals surface area contributed by atoms with Gasteiger partial charge in [-0.3, -0.25) is 9.59 Å². The van der Waals surface area contributed by atoms with E-state index in [-0.39, 0.29) is 17.4 Å². The van der Waals surface area contributed by atoms with E-state index < -0.39 is 0 Å². The molecule has 1 aliphatic rings. The fourth-order valence-corrected chi connectivity index (χ4v) is 2.36. The lowest BCUT2D eigenvalue weighted by molar-refractivity contribution is -0.120. The molecule has 0 unspecified atom stereocenters. The largest absolute Gasteiger partial charge is 0.383 e. The lowest BCUT2D eigenvalue weighted by Gasteiger charge is -2.19. The maximum absolute atomic E-state index is 12.7. The van der Waals surface area contributed by atoms with Gasteiger partial charge in [-0.15, -0.1) is 0 Å². The van der Waals surface area contributed by atoms with Gasteiger partial charge in [-0.2, -0.15) is 0 Å². The van der Waals surface area contributed by atoms with Gasteiger partial charge < -0.3 is 14.7 Å². The molecule has 1 heterocycles. The van der Waals surface area contributed by atoms with Crippen LogP contribution in [0.3, 0.4) is 0 Å². The van der Waals surface area contributed by atoms with Crippen molar-refractivity contribution >= 4 is 23.2 Å². The van der Waals surface area contributed by atoms with Gasteiger partial charge in [-0.25, -0.2) is 0 Å². The molecule has 1 aromatic carbocycles. The maximum Gasteiger partial charge on any atom is 0.263 e. The number of likely N-dealkylation sites (N-methyl/N-ethyl adjacent to an activating group) is 2. The Kier molecular flexibility index (Phi) is 4.35. The van der Waals surface area contributed by atoms with Gasteiger partial charge in [0.05, 0.1) is 11.4 Å². The second kappa shape index (κ2) is 6.05. The molecule has 0 aromatic heterocycles. The molecule has 5 heteroatoms. The Morgan fingerprint density at radius 3 is 1.86 bits per heavy atom. The molecular weight excluding hydrogens is 278 g/mol. The quantitative estimate of drug-likeness (QED) is 0.620. The van der Waals surface area contributed by atoms with Gasteiger partial charge in [-0.05, 0) is 36.9 Å². The Hall–Kier alpha value is -2.56. The molecule has 1 aromatic rings. The number of carbonyl (C=O) groups is 2. The Balaban J connectivity index is 2.59. The van der Waals surface area contributed by atoms with Crippen molar-refractivity contribution in [3.8, 4) is 0 Å². The third-order valence-electron chi connectivity index (χ3n) is 3.66. The lowest BCUT2D eigenvalue weighted by atomic mass is 10.1. The summed E-state index contributed by atoms with van der Waals surface area (Å²) in [6.45, 7) is 1.78. The second-order valence-electron chi connectivity index (χ2n) is 5.55. The summed E-state index contributed by atoms with van der Waals surface area (Å²) in [7, 11) is 7.16. The first-order valence-corrected chi connectivity index (χ1v) is 7.05. The van der Waals surface area contributed by atoms with Crippen molar-refractivity contribution in [1.29, 1.82) is 0 Å². The van der Waals surface area contributed by atoms with Crippen LogP contribution >= 0.6 is 0 Å². The summed E-state index contributed by atoms with van der Waals surface area (Å²) >= 11 is 0. The Morgan fingerprint density at radius 1 is 1.00 bits per heavy atom. The molecular formula is C17H21N3O2. The van der Waals surface area contributed by atoms with Gasteiger partial charge in [0.2, 0.25) is 0 Å². The SMILES string of the molecule is CC(/C=C\N(C)C)=C1C(=O)N(C)c2ccccc2N(C)C1=O.